The molecular formula is C30H38F2N7O8P. The van der Waals surface area contributed by atoms with Crippen molar-refractivity contribution in [3.8, 4) is 11.6 Å². The molecule has 1 saturated heterocycles. The first-order valence-corrected chi connectivity index (χ1v) is 16.6. The number of esters is 1. The maximum atomic E-state index is 16.5. The third kappa shape index (κ3) is 7.20. The van der Waals surface area contributed by atoms with Gasteiger partial charge >= 0.3 is 13.7 Å². The Kier molecular flexibility index (Phi) is 9.65. The number of rotatable bonds is 12. The molecule has 0 saturated carbocycles. The second-order valence-electron chi connectivity index (χ2n) is 12.7. The summed E-state index contributed by atoms with van der Waals surface area (Å²) in [6.07, 6.45) is -1.69. The Hall–Kier alpha value is -4.02. The van der Waals surface area contributed by atoms with E-state index < -0.39 is 50.2 Å². The summed E-state index contributed by atoms with van der Waals surface area (Å²) in [6.45, 7) is 8.49. The number of pyridine rings is 1. The van der Waals surface area contributed by atoms with Crippen molar-refractivity contribution in [3.63, 3.8) is 0 Å². The maximum absolute atomic E-state index is 16.5. The van der Waals surface area contributed by atoms with Crippen molar-refractivity contribution in [2.24, 2.45) is 5.41 Å². The third-order valence-electron chi connectivity index (χ3n) is 7.28. The van der Waals surface area contributed by atoms with Crippen LogP contribution in [0.1, 0.15) is 47.8 Å². The van der Waals surface area contributed by atoms with E-state index in [2.05, 4.69) is 25.0 Å². The van der Waals surface area contributed by atoms with Gasteiger partial charge in [-0.1, -0.05) is 26.8 Å². The first kappa shape index (κ1) is 35.3. The minimum Gasteiger partial charge on any atom is -0.476 e. The standard InChI is InChI=1S/C30H38F2N7O8P/c1-7-43-23-21-22(36-27(33)37-23)39(16-35-21)26-29(6,31)25(41)30(32,46-26)15-45-48(42,38-17(2)24(40)44-14-28(3,4)5)47-20-12-8-11-19-18(20)10-9-13-34-19/h8-13,16-17,25-26,41H,7,14-15H2,1-6H3,(H,38,42)(H2,33,36,37). The number of fused-ring (bicyclic) bond motifs is 2. The number of ether oxygens (including phenoxy) is 3. The second-order valence-corrected chi connectivity index (χ2v) is 14.4. The van der Waals surface area contributed by atoms with Crippen LogP contribution in [-0.2, 0) is 23.4 Å². The van der Waals surface area contributed by atoms with Crippen molar-refractivity contribution in [2.45, 2.75) is 71.4 Å². The number of alkyl halides is 2. The van der Waals surface area contributed by atoms with Gasteiger partial charge in [0.05, 0.1) is 25.1 Å². The van der Waals surface area contributed by atoms with Crippen molar-refractivity contribution >= 4 is 41.7 Å². The van der Waals surface area contributed by atoms with Gasteiger partial charge in [-0.05, 0) is 50.5 Å². The van der Waals surface area contributed by atoms with E-state index >= 15 is 8.78 Å². The van der Waals surface area contributed by atoms with E-state index in [1.54, 1.807) is 37.4 Å². The van der Waals surface area contributed by atoms with Crippen molar-refractivity contribution in [1.29, 1.82) is 0 Å². The number of nitrogen functional groups attached to an aromatic ring is 1. The number of carbonyl (C=O) groups is 1. The molecule has 0 aliphatic carbocycles. The summed E-state index contributed by atoms with van der Waals surface area (Å²) in [6, 6.07) is 6.73. The molecule has 1 aliphatic heterocycles. The van der Waals surface area contributed by atoms with E-state index in [4.69, 9.17) is 29.0 Å². The Bertz CT molecular complexity index is 1850. The molecule has 5 rings (SSSR count). The van der Waals surface area contributed by atoms with Gasteiger partial charge in [-0.15, -0.1) is 0 Å². The Morgan fingerprint density at radius 1 is 1.23 bits per heavy atom. The highest BCUT2D eigenvalue weighted by molar-refractivity contribution is 7.52. The molecule has 6 unspecified atom stereocenters. The van der Waals surface area contributed by atoms with Gasteiger partial charge in [0.2, 0.25) is 11.8 Å². The van der Waals surface area contributed by atoms with Gasteiger partial charge < -0.3 is 29.6 Å². The van der Waals surface area contributed by atoms with Gasteiger partial charge in [0.15, 0.2) is 29.2 Å². The lowest BCUT2D eigenvalue weighted by Crippen LogP contribution is -2.47. The highest BCUT2D eigenvalue weighted by atomic mass is 31.2. The molecule has 1 fully saturated rings. The van der Waals surface area contributed by atoms with Crippen molar-refractivity contribution in [2.75, 3.05) is 25.6 Å². The number of aliphatic hydroxyl groups excluding tert-OH is 1. The molecule has 4 heterocycles. The number of aromatic nitrogens is 5. The summed E-state index contributed by atoms with van der Waals surface area (Å²) in [4.78, 5) is 29.3. The molecule has 0 radical (unpaired) electrons. The number of hydrogen-bond donors (Lipinski definition) is 3. The molecule has 0 bridgehead atoms. The van der Waals surface area contributed by atoms with Crippen LogP contribution in [0.15, 0.2) is 42.9 Å². The summed E-state index contributed by atoms with van der Waals surface area (Å²) in [5.74, 6) is -4.29. The molecule has 1 aliphatic rings. The number of halogens is 2. The van der Waals surface area contributed by atoms with E-state index in [0.717, 1.165) is 17.8 Å². The second kappa shape index (κ2) is 13.1. The molecule has 0 amide bonds. The highest BCUT2D eigenvalue weighted by Gasteiger charge is 2.65. The van der Waals surface area contributed by atoms with Crippen molar-refractivity contribution in [3.05, 3.63) is 42.9 Å². The zero-order valence-corrected chi connectivity index (χ0v) is 28.1. The summed E-state index contributed by atoms with van der Waals surface area (Å²) < 4.78 is 75.6. The largest absolute Gasteiger partial charge is 0.476 e. The van der Waals surface area contributed by atoms with Gasteiger partial charge in [0, 0.05) is 11.6 Å². The molecule has 18 heteroatoms. The number of nitrogens with two attached hydrogens (primary N) is 1. The Morgan fingerprint density at radius 2 is 1.98 bits per heavy atom. The zero-order chi connectivity index (χ0) is 35.1. The fraction of sp³-hybridized carbons (Fsp3) is 0.500. The number of aliphatic hydroxyl groups is 1. The predicted octanol–water partition coefficient (Wildman–Crippen LogP) is 4.41. The van der Waals surface area contributed by atoms with Gasteiger partial charge in [0.1, 0.15) is 18.4 Å². The molecule has 3 aromatic heterocycles. The summed E-state index contributed by atoms with van der Waals surface area (Å²) in [5.41, 5.74) is 3.15. The van der Waals surface area contributed by atoms with Crippen LogP contribution in [0.3, 0.4) is 0 Å². The molecule has 48 heavy (non-hydrogen) atoms. The van der Waals surface area contributed by atoms with Crippen molar-refractivity contribution in [1.82, 2.24) is 29.6 Å². The molecule has 6 atom stereocenters. The van der Waals surface area contributed by atoms with Gasteiger partial charge in [-0.3, -0.25) is 18.9 Å². The van der Waals surface area contributed by atoms with E-state index in [-0.39, 0.29) is 47.4 Å². The maximum Gasteiger partial charge on any atom is 0.459 e. The normalized spacial score (nSPS) is 24.8. The predicted molar refractivity (Wildman–Crippen MR) is 169 cm³/mol. The number of imidazole rings is 1. The van der Waals surface area contributed by atoms with Crippen LogP contribution in [-0.4, -0.2) is 79.1 Å². The Labute approximate surface area is 274 Å². The SMILES string of the molecule is CCOc1nc(N)nc2c1ncn2C1OC(F)(COP(=O)(NC(C)C(=O)OCC(C)(C)C)Oc2cccc3ncccc23)C(O)C1(C)F. The summed E-state index contributed by atoms with van der Waals surface area (Å²) in [7, 11) is -4.73. The monoisotopic (exact) mass is 693 g/mol. The van der Waals surface area contributed by atoms with Crippen LogP contribution < -0.4 is 20.1 Å². The fourth-order valence-electron chi connectivity index (χ4n) is 4.93. The van der Waals surface area contributed by atoms with Gasteiger partial charge in [-0.25, -0.2) is 18.3 Å². The number of hydrogen-bond acceptors (Lipinski definition) is 13. The molecule has 0 spiro atoms. The smallest absolute Gasteiger partial charge is 0.459 e. The lowest BCUT2D eigenvalue weighted by atomic mass is 9.97. The van der Waals surface area contributed by atoms with E-state index in [1.165, 1.54) is 13.0 Å². The number of carbonyl (C=O) groups excluding carboxylic acids is 1. The highest BCUT2D eigenvalue weighted by Crippen LogP contribution is 2.52. The van der Waals surface area contributed by atoms with Crippen LogP contribution in [0.5, 0.6) is 11.6 Å². The van der Waals surface area contributed by atoms with Gasteiger partial charge in [-0.2, -0.15) is 15.1 Å². The molecule has 15 nitrogen and oxygen atoms in total. The number of nitrogens with zero attached hydrogens (tertiary/aromatic N) is 5. The average molecular weight is 694 g/mol. The first-order valence-electron chi connectivity index (χ1n) is 15.1. The number of benzene rings is 1. The number of anilines is 1. The van der Waals surface area contributed by atoms with Crippen LogP contribution in [0.4, 0.5) is 14.7 Å². The topological polar surface area (TPSA) is 195 Å². The molecule has 1 aromatic carbocycles. The molecular weight excluding hydrogens is 655 g/mol. The van der Waals surface area contributed by atoms with E-state index in [9.17, 15) is 14.5 Å². The lowest BCUT2D eigenvalue weighted by molar-refractivity contribution is -0.202. The van der Waals surface area contributed by atoms with E-state index in [1.807, 2.05) is 20.8 Å². The van der Waals surface area contributed by atoms with Crippen LogP contribution in [0, 0.1) is 5.41 Å². The lowest BCUT2D eigenvalue weighted by Gasteiger charge is -2.28. The quantitative estimate of drug-likeness (QED) is 0.139. The first-order chi connectivity index (χ1) is 22.5. The summed E-state index contributed by atoms with van der Waals surface area (Å²) >= 11 is 0. The van der Waals surface area contributed by atoms with E-state index in [0.29, 0.717) is 10.9 Å². The number of nitrogens with one attached hydrogen (secondary N) is 1. The van der Waals surface area contributed by atoms with Crippen molar-refractivity contribution < 1.29 is 46.5 Å². The molecule has 4 N–H and O–H groups in total. The van der Waals surface area contributed by atoms with Crippen LogP contribution >= 0.6 is 7.75 Å². The Morgan fingerprint density at radius 3 is 2.69 bits per heavy atom. The fourth-order valence-corrected chi connectivity index (χ4v) is 6.45. The summed E-state index contributed by atoms with van der Waals surface area (Å²) in [5, 5.41) is 13.8. The molecule has 260 valence electrons. The molecule has 4 aromatic rings. The van der Waals surface area contributed by atoms with Crippen LogP contribution in [0.2, 0.25) is 0 Å². The van der Waals surface area contributed by atoms with Gasteiger partial charge in [0.25, 0.3) is 5.85 Å². The third-order valence-corrected chi connectivity index (χ3v) is 8.89. The Balaban J connectivity index is 1.44. The minimum atomic E-state index is -4.73. The van der Waals surface area contributed by atoms with Crippen LogP contribution in [0.25, 0.3) is 22.1 Å². The average Bonchev–Trinajstić information content (AvgIpc) is 3.51. The minimum absolute atomic E-state index is 0.00986. The zero-order valence-electron chi connectivity index (χ0n) is 27.2.